The molecule has 8 heteroatoms. The third kappa shape index (κ3) is 3.50. The number of aromatic nitrogens is 3. The Morgan fingerprint density at radius 2 is 2.23 bits per heavy atom. The van der Waals surface area contributed by atoms with Crippen LogP contribution < -0.4 is 10.3 Å². The molecule has 0 saturated heterocycles. The second-order valence-corrected chi connectivity index (χ2v) is 10.6. The van der Waals surface area contributed by atoms with Crippen LogP contribution in [-0.4, -0.2) is 21.6 Å². The van der Waals surface area contributed by atoms with Crippen LogP contribution in [0.2, 0.25) is 0 Å². The molecule has 1 aromatic carbocycles. The summed E-state index contributed by atoms with van der Waals surface area (Å²) in [5.74, 6) is 1.45. The van der Waals surface area contributed by atoms with Gasteiger partial charge in [0.05, 0.1) is 36.6 Å². The number of halogens is 1. The number of hydrogen-bond donors (Lipinski definition) is 0. The molecule has 154 valence electrons. The fourth-order valence-corrected chi connectivity index (χ4v) is 6.54. The molecule has 4 aromatic rings. The van der Waals surface area contributed by atoms with Crippen molar-refractivity contribution in [1.82, 2.24) is 14.5 Å². The first-order valence-electron chi connectivity index (χ1n) is 9.81. The second-order valence-electron chi connectivity index (χ2n) is 7.70. The maximum Gasteiger partial charge on any atom is 0.262 e. The summed E-state index contributed by atoms with van der Waals surface area (Å²) < 4.78 is 8.14. The van der Waals surface area contributed by atoms with Crippen LogP contribution in [0, 0.1) is 5.92 Å². The van der Waals surface area contributed by atoms with Crippen molar-refractivity contribution < 1.29 is 4.74 Å². The van der Waals surface area contributed by atoms with Crippen molar-refractivity contribution in [3.05, 3.63) is 60.9 Å². The predicted molar refractivity (Wildman–Crippen MR) is 126 cm³/mol. The summed E-state index contributed by atoms with van der Waals surface area (Å²) in [6, 6.07) is 5.86. The third-order valence-corrected chi connectivity index (χ3v) is 8.14. The van der Waals surface area contributed by atoms with Gasteiger partial charge in [-0.15, -0.1) is 22.7 Å². The van der Waals surface area contributed by atoms with E-state index in [-0.39, 0.29) is 5.56 Å². The Hall–Kier alpha value is -2.03. The molecular weight excluding hydrogens is 482 g/mol. The van der Waals surface area contributed by atoms with Gasteiger partial charge in [-0.25, -0.2) is 9.97 Å². The molecule has 0 bridgehead atoms. The van der Waals surface area contributed by atoms with Gasteiger partial charge in [-0.05, 0) is 48.9 Å². The first kappa shape index (κ1) is 19.9. The van der Waals surface area contributed by atoms with E-state index in [4.69, 9.17) is 9.72 Å². The second kappa shape index (κ2) is 7.90. The lowest BCUT2D eigenvalue weighted by atomic mass is 9.89. The van der Waals surface area contributed by atoms with Crippen molar-refractivity contribution in [2.75, 3.05) is 7.11 Å². The Kier molecular flexibility index (Phi) is 5.24. The lowest BCUT2D eigenvalue weighted by Gasteiger charge is -2.17. The van der Waals surface area contributed by atoms with Crippen molar-refractivity contribution >= 4 is 48.8 Å². The highest BCUT2D eigenvalue weighted by molar-refractivity contribution is 9.10. The average molecular weight is 502 g/mol. The van der Waals surface area contributed by atoms with Crippen molar-refractivity contribution in [3.63, 3.8) is 0 Å². The molecule has 0 radical (unpaired) electrons. The molecule has 5 nitrogen and oxygen atoms in total. The quantitative estimate of drug-likeness (QED) is 0.369. The molecule has 0 aliphatic heterocycles. The third-order valence-electron chi connectivity index (χ3n) is 5.56. The lowest BCUT2D eigenvalue weighted by molar-refractivity contribution is 0.416. The van der Waals surface area contributed by atoms with Gasteiger partial charge in [-0.2, -0.15) is 0 Å². The monoisotopic (exact) mass is 501 g/mol. The van der Waals surface area contributed by atoms with Crippen LogP contribution in [0.15, 0.2) is 39.2 Å². The van der Waals surface area contributed by atoms with E-state index < -0.39 is 0 Å². The highest BCUT2D eigenvalue weighted by Gasteiger charge is 2.23. The summed E-state index contributed by atoms with van der Waals surface area (Å²) in [5, 5.41) is 3.68. The van der Waals surface area contributed by atoms with Crippen LogP contribution in [0.3, 0.4) is 0 Å². The molecule has 1 aliphatic rings. The summed E-state index contributed by atoms with van der Waals surface area (Å²) in [7, 11) is 1.66. The van der Waals surface area contributed by atoms with Gasteiger partial charge < -0.3 is 4.74 Å². The fraction of sp³-hybridized carbons (Fsp3) is 0.318. The van der Waals surface area contributed by atoms with Crippen molar-refractivity contribution in [1.29, 1.82) is 0 Å². The first-order chi connectivity index (χ1) is 14.5. The van der Waals surface area contributed by atoms with Gasteiger partial charge in [0.1, 0.15) is 15.6 Å². The van der Waals surface area contributed by atoms with Crippen LogP contribution in [-0.2, 0) is 19.4 Å². The number of hydrogen-bond acceptors (Lipinski definition) is 6. The van der Waals surface area contributed by atoms with E-state index in [1.807, 2.05) is 23.6 Å². The molecule has 5 rings (SSSR count). The number of fused-ring (bicyclic) bond motifs is 3. The van der Waals surface area contributed by atoms with Gasteiger partial charge in [0.2, 0.25) is 0 Å². The Balaban J connectivity index is 1.49. The predicted octanol–water partition coefficient (Wildman–Crippen LogP) is 5.53. The Morgan fingerprint density at radius 1 is 1.37 bits per heavy atom. The molecule has 0 amide bonds. The van der Waals surface area contributed by atoms with Crippen LogP contribution in [0.25, 0.3) is 20.8 Å². The highest BCUT2D eigenvalue weighted by Crippen LogP contribution is 2.36. The van der Waals surface area contributed by atoms with Crippen molar-refractivity contribution in [3.8, 4) is 16.3 Å². The number of rotatable bonds is 4. The summed E-state index contributed by atoms with van der Waals surface area (Å²) >= 11 is 6.75. The van der Waals surface area contributed by atoms with Gasteiger partial charge in [-0.3, -0.25) is 9.36 Å². The SMILES string of the molecule is COc1ccc(Br)cc1-c1nc(Cn2cnc3sc4c(c3c2=O)CCC(C)C4)cs1. The van der Waals surface area contributed by atoms with E-state index in [0.29, 0.717) is 12.5 Å². The van der Waals surface area contributed by atoms with E-state index in [1.165, 1.54) is 10.4 Å². The zero-order chi connectivity index (χ0) is 20.8. The molecule has 0 fully saturated rings. The molecule has 0 spiro atoms. The van der Waals surface area contributed by atoms with Crippen molar-refractivity contribution in [2.45, 2.75) is 32.7 Å². The van der Waals surface area contributed by atoms with Crippen molar-refractivity contribution in [2.24, 2.45) is 5.92 Å². The zero-order valence-electron chi connectivity index (χ0n) is 16.6. The van der Waals surface area contributed by atoms with Crippen LogP contribution in [0.1, 0.15) is 29.5 Å². The van der Waals surface area contributed by atoms with Gasteiger partial charge >= 0.3 is 0 Å². The number of benzene rings is 1. The van der Waals surface area contributed by atoms with E-state index in [2.05, 4.69) is 27.8 Å². The largest absolute Gasteiger partial charge is 0.496 e. The maximum atomic E-state index is 13.2. The summed E-state index contributed by atoms with van der Waals surface area (Å²) in [6.07, 6.45) is 4.83. The Morgan fingerprint density at radius 3 is 3.07 bits per heavy atom. The minimum Gasteiger partial charge on any atom is -0.496 e. The molecule has 1 unspecified atom stereocenters. The number of ether oxygens (including phenoxy) is 1. The zero-order valence-corrected chi connectivity index (χ0v) is 19.9. The molecular formula is C22H20BrN3O2S2. The molecule has 3 heterocycles. The molecule has 3 aromatic heterocycles. The lowest BCUT2D eigenvalue weighted by Crippen LogP contribution is -2.22. The summed E-state index contributed by atoms with van der Waals surface area (Å²) in [4.78, 5) is 24.8. The maximum absolute atomic E-state index is 13.2. The Bertz CT molecular complexity index is 1310. The molecule has 1 aliphatic carbocycles. The fourth-order valence-electron chi connectivity index (χ4n) is 4.00. The number of thiazole rings is 1. The first-order valence-corrected chi connectivity index (χ1v) is 12.3. The minimum atomic E-state index is 0.0432. The smallest absolute Gasteiger partial charge is 0.262 e. The van der Waals surface area contributed by atoms with Crippen LogP contribution >= 0.6 is 38.6 Å². The number of aryl methyl sites for hydroxylation is 1. The summed E-state index contributed by atoms with van der Waals surface area (Å²) in [6.45, 7) is 2.69. The molecule has 0 N–H and O–H groups in total. The van der Waals surface area contributed by atoms with Crippen LogP contribution in [0.5, 0.6) is 5.75 Å². The minimum absolute atomic E-state index is 0.0432. The number of nitrogens with zero attached hydrogens (tertiary/aromatic N) is 3. The molecule has 0 saturated carbocycles. The molecule has 30 heavy (non-hydrogen) atoms. The van der Waals surface area contributed by atoms with E-state index in [1.54, 1.807) is 40.7 Å². The van der Waals surface area contributed by atoms with Gasteiger partial charge in [-0.1, -0.05) is 22.9 Å². The number of methoxy groups -OCH3 is 1. The van der Waals surface area contributed by atoms with Crippen LogP contribution in [0.4, 0.5) is 0 Å². The summed E-state index contributed by atoms with van der Waals surface area (Å²) in [5.41, 5.74) is 3.04. The van der Waals surface area contributed by atoms with E-state index >= 15 is 0 Å². The van der Waals surface area contributed by atoms with E-state index in [9.17, 15) is 4.79 Å². The van der Waals surface area contributed by atoms with E-state index in [0.717, 1.165) is 56.0 Å². The topological polar surface area (TPSA) is 57.0 Å². The normalized spacial score (nSPS) is 16.0. The molecule has 1 atom stereocenters. The Labute approximate surface area is 190 Å². The average Bonchev–Trinajstić information content (AvgIpc) is 3.34. The highest BCUT2D eigenvalue weighted by atomic mass is 79.9. The standard InChI is InChI=1S/C22H20BrN3O2S2/c1-12-3-5-15-18(7-12)30-21-19(15)22(27)26(11-24-21)9-14-10-29-20(25-14)16-8-13(23)4-6-17(16)28-2/h4,6,8,10-12H,3,5,7,9H2,1-2H3. The van der Waals surface area contributed by atoms with Gasteiger partial charge in [0.15, 0.2) is 0 Å². The van der Waals surface area contributed by atoms with Gasteiger partial charge in [0.25, 0.3) is 5.56 Å². The number of thiophene rings is 1. The van der Waals surface area contributed by atoms with Gasteiger partial charge in [0, 0.05) is 14.7 Å².